The molecular formula is C39H44Cl2SiZr-4. The van der Waals surface area contributed by atoms with Crippen LogP contribution in [0.4, 0.5) is 0 Å². The van der Waals surface area contributed by atoms with Gasteiger partial charge in [0.2, 0.25) is 0 Å². The van der Waals surface area contributed by atoms with Crippen molar-refractivity contribution in [2.45, 2.75) is 47.5 Å². The van der Waals surface area contributed by atoms with Gasteiger partial charge in [0.15, 0.2) is 0 Å². The normalized spacial score (nSPS) is 9.72. The van der Waals surface area contributed by atoms with Crippen LogP contribution < -0.4 is 0 Å². The molecule has 43 heavy (non-hydrogen) atoms. The van der Waals surface area contributed by atoms with Gasteiger partial charge in [-0.05, 0) is 42.0 Å². The third-order valence-corrected chi connectivity index (χ3v) is 7.52. The number of hydrogen-bond acceptors (Lipinski definition) is 0. The van der Waals surface area contributed by atoms with E-state index in [0.717, 1.165) is 0 Å². The zero-order chi connectivity index (χ0) is 28.1. The Labute approximate surface area is 290 Å². The predicted molar refractivity (Wildman–Crippen MR) is 196 cm³/mol. The van der Waals surface area contributed by atoms with Gasteiger partial charge in [-0.3, -0.25) is 0 Å². The van der Waals surface area contributed by atoms with E-state index in [1.165, 1.54) is 95.0 Å². The molecule has 0 spiro atoms. The van der Waals surface area contributed by atoms with Gasteiger partial charge in [0.1, 0.15) is 0 Å². The number of hydrogen-bond donors (Lipinski definition) is 0. The Kier molecular flexibility index (Phi) is 17.6. The van der Waals surface area contributed by atoms with E-state index in [4.69, 9.17) is 0 Å². The molecule has 6 aromatic carbocycles. The molecule has 6 rings (SSSR count). The fourth-order valence-corrected chi connectivity index (χ4v) is 5.51. The van der Waals surface area contributed by atoms with Gasteiger partial charge in [0.05, 0.1) is 0 Å². The second kappa shape index (κ2) is 18.6. The summed E-state index contributed by atoms with van der Waals surface area (Å²) in [7, 11) is 0. The Morgan fingerprint density at radius 1 is 0.605 bits per heavy atom. The van der Waals surface area contributed by atoms with Crippen LogP contribution in [-0.4, -0.2) is 6.88 Å². The van der Waals surface area contributed by atoms with Gasteiger partial charge in [-0.25, -0.2) is 0 Å². The Morgan fingerprint density at radius 3 is 1.81 bits per heavy atom. The average molecular weight is 703 g/mol. The summed E-state index contributed by atoms with van der Waals surface area (Å²) < 4.78 is 0. The zero-order valence-corrected chi connectivity index (χ0v) is 31.8. The van der Waals surface area contributed by atoms with Crippen molar-refractivity contribution >= 4 is 53.2 Å². The third-order valence-electron chi connectivity index (χ3n) is 7.52. The molecule has 0 aromatic heterocycles. The summed E-state index contributed by atoms with van der Waals surface area (Å²) >= 11 is 1.36. The first-order chi connectivity index (χ1) is 18.8. The summed E-state index contributed by atoms with van der Waals surface area (Å²) in [6, 6.07) is 37.5. The first kappa shape index (κ1) is 40.8. The van der Waals surface area contributed by atoms with Crippen LogP contribution in [-0.2, 0) is 23.3 Å². The van der Waals surface area contributed by atoms with Gasteiger partial charge in [-0.1, -0.05) is 99.5 Å². The fraction of sp³-hybridized carbons (Fsp3) is 0.179. The molecule has 0 aliphatic heterocycles. The van der Waals surface area contributed by atoms with E-state index in [-0.39, 0.29) is 39.7 Å². The van der Waals surface area contributed by atoms with Crippen LogP contribution in [0.3, 0.4) is 0 Å². The number of benzene rings is 4. The van der Waals surface area contributed by atoms with Crippen molar-refractivity contribution in [1.29, 1.82) is 0 Å². The summed E-state index contributed by atoms with van der Waals surface area (Å²) in [4.78, 5) is 0. The summed E-state index contributed by atoms with van der Waals surface area (Å²) in [5, 5.41) is 5.49. The molecule has 0 unspecified atom stereocenters. The molecule has 0 fully saturated rings. The molecule has 0 amide bonds. The second-order valence-electron chi connectivity index (χ2n) is 10.7. The maximum absolute atomic E-state index is 3.06. The van der Waals surface area contributed by atoms with Crippen LogP contribution in [0, 0.1) is 42.5 Å². The molecule has 0 nitrogen and oxygen atoms in total. The van der Waals surface area contributed by atoms with Gasteiger partial charge in [-0.15, -0.1) is 93.4 Å². The topological polar surface area (TPSA) is 0 Å². The van der Waals surface area contributed by atoms with Crippen LogP contribution in [0.2, 0.25) is 0 Å². The Balaban J connectivity index is 0.000000714. The minimum absolute atomic E-state index is 0. The Morgan fingerprint density at radius 2 is 1.21 bits per heavy atom. The summed E-state index contributed by atoms with van der Waals surface area (Å²) in [5.41, 5.74) is 12.2. The molecule has 0 saturated carbocycles. The number of rotatable bonds is 3. The van der Waals surface area contributed by atoms with E-state index in [1.54, 1.807) is 0 Å². The van der Waals surface area contributed by atoms with Gasteiger partial charge >= 0.3 is 30.2 Å². The number of aryl methyl sites for hydroxylation is 4. The van der Waals surface area contributed by atoms with Crippen molar-refractivity contribution in [2.24, 2.45) is 0 Å². The van der Waals surface area contributed by atoms with Gasteiger partial charge < -0.3 is 14.9 Å². The van der Waals surface area contributed by atoms with Crippen LogP contribution >= 0.6 is 24.8 Å². The molecule has 0 atom stereocenters. The van der Waals surface area contributed by atoms with Gasteiger partial charge in [0.25, 0.3) is 0 Å². The standard InChI is InChI=1S/C19H19.C18H17.2CH3.2ClH.Si.Zr/c1-12-10-17-13(2)8-9-16(18(17)11-12)19-14(3)6-5-7-15(19)4;1-13(2)16-11-15-9-6-10-17(18(15)12-16)14-7-4-3-5-8-14;;;;;;/h5-11H,1-4H3;3-13H,1-2H3;2*1H3;2*1H;;/q4*-1;;;;. The molecule has 4 heteroatoms. The molecule has 0 aliphatic carbocycles. The SMILES string of the molecule is CC(C)c1cc2c(-c3ccccc3)cccc2[cH-]1.Cc1cc2c(-c3c(C)cccc3C)ccc(C)c2[cH-]1.Cl.Cl.[CH3-].[CH3-].[Si]=[Zr]. The molecule has 0 saturated heterocycles. The van der Waals surface area contributed by atoms with Crippen molar-refractivity contribution in [3.63, 3.8) is 0 Å². The quantitative estimate of drug-likeness (QED) is 0.127. The van der Waals surface area contributed by atoms with Crippen LogP contribution in [0.25, 0.3) is 43.8 Å². The molecular weight excluding hydrogens is 659 g/mol. The molecule has 2 radical (unpaired) electrons. The van der Waals surface area contributed by atoms with Crippen LogP contribution in [0.1, 0.15) is 47.6 Å². The van der Waals surface area contributed by atoms with E-state index in [9.17, 15) is 0 Å². The maximum atomic E-state index is 3.06. The van der Waals surface area contributed by atoms with Gasteiger partial charge in [-0.2, -0.15) is 12.1 Å². The van der Waals surface area contributed by atoms with Gasteiger partial charge in [0, 0.05) is 0 Å². The van der Waals surface area contributed by atoms with Crippen molar-refractivity contribution in [2.75, 3.05) is 0 Å². The van der Waals surface area contributed by atoms with Crippen LogP contribution in [0.5, 0.6) is 0 Å². The molecule has 0 aliphatic rings. The molecule has 0 bridgehead atoms. The van der Waals surface area contributed by atoms with Crippen molar-refractivity contribution < 1.29 is 23.3 Å². The molecule has 226 valence electrons. The fourth-order valence-electron chi connectivity index (χ4n) is 5.51. The molecule has 0 heterocycles. The van der Waals surface area contributed by atoms with Crippen LogP contribution in [0.15, 0.2) is 103 Å². The summed E-state index contributed by atoms with van der Waals surface area (Å²) in [6.45, 7) is 16.3. The number of halogens is 2. The van der Waals surface area contributed by atoms with E-state index in [1.807, 2.05) is 0 Å². The first-order valence-corrected chi connectivity index (χ1v) is 17.7. The first-order valence-electron chi connectivity index (χ1n) is 13.6. The average Bonchev–Trinajstić information content (AvgIpc) is 3.56. The zero-order valence-electron chi connectivity index (χ0n) is 26.7. The third kappa shape index (κ3) is 9.15. The second-order valence-corrected chi connectivity index (χ2v) is 10.7. The summed E-state index contributed by atoms with van der Waals surface area (Å²) in [6.07, 6.45) is 0. The number of fused-ring (bicyclic) bond motifs is 2. The summed E-state index contributed by atoms with van der Waals surface area (Å²) in [5.74, 6) is 0.584. The van der Waals surface area contributed by atoms with E-state index < -0.39 is 0 Å². The molecule has 0 N–H and O–H groups in total. The Hall–Kier alpha value is -2.22. The Bertz CT molecular complexity index is 1690. The van der Waals surface area contributed by atoms with Crippen molar-refractivity contribution in [3.05, 3.63) is 146 Å². The predicted octanol–water partition coefficient (Wildman–Crippen LogP) is 12.2. The molecule has 6 aromatic rings. The van der Waals surface area contributed by atoms with Crippen molar-refractivity contribution in [3.8, 4) is 22.3 Å². The van der Waals surface area contributed by atoms with E-state index >= 15 is 0 Å². The minimum atomic E-state index is 0. The van der Waals surface area contributed by atoms with Crippen molar-refractivity contribution in [1.82, 2.24) is 0 Å². The monoisotopic (exact) mass is 700 g/mol. The van der Waals surface area contributed by atoms with E-state index in [0.29, 0.717) is 5.92 Å². The van der Waals surface area contributed by atoms with E-state index in [2.05, 4.69) is 152 Å².